The number of hydrogen-bond acceptors (Lipinski definition) is 7. The molecule has 2 aliphatic rings. The fraction of sp³-hybridized carbons (Fsp3) is 0.154. The van der Waals surface area contributed by atoms with Gasteiger partial charge in [0.25, 0.3) is 11.7 Å². The first-order valence-corrected chi connectivity index (χ1v) is 10.6. The van der Waals surface area contributed by atoms with Crippen molar-refractivity contribution in [1.82, 2.24) is 0 Å². The molecule has 0 aromatic heterocycles. The lowest BCUT2D eigenvalue weighted by molar-refractivity contribution is -0.132. The van der Waals surface area contributed by atoms with Gasteiger partial charge in [0.15, 0.2) is 11.5 Å². The van der Waals surface area contributed by atoms with Crippen molar-refractivity contribution in [2.75, 3.05) is 25.2 Å². The van der Waals surface area contributed by atoms with E-state index in [2.05, 4.69) is 0 Å². The maximum absolute atomic E-state index is 13.3. The van der Waals surface area contributed by atoms with E-state index in [1.807, 2.05) is 0 Å². The molecule has 0 bridgehead atoms. The highest BCUT2D eigenvalue weighted by molar-refractivity contribution is 6.51. The van der Waals surface area contributed by atoms with Crippen molar-refractivity contribution in [3.63, 3.8) is 0 Å². The van der Waals surface area contributed by atoms with Gasteiger partial charge < -0.3 is 24.4 Å². The standard InChI is InChI=1S/C26H21NO7/c1-32-19-4-2-3-17(14-19)27-23(15-5-8-18(28)9-6-15)22(25(30)26(27)31)24(29)16-7-10-20-21(13-16)34-12-11-33-20/h2-10,13-14,23,28-29H,11-12H2,1H3/b24-22-. The number of methoxy groups -OCH3 is 1. The molecule has 0 spiro atoms. The summed E-state index contributed by atoms with van der Waals surface area (Å²) in [5, 5.41) is 21.0. The number of hydrogen-bond donors (Lipinski definition) is 2. The van der Waals surface area contributed by atoms with Gasteiger partial charge >= 0.3 is 0 Å². The lowest BCUT2D eigenvalue weighted by atomic mass is 9.95. The van der Waals surface area contributed by atoms with Gasteiger partial charge in [-0.2, -0.15) is 0 Å². The smallest absolute Gasteiger partial charge is 0.300 e. The number of Topliss-reactive ketones (excluding diaryl/α,β-unsaturated/α-hetero) is 1. The van der Waals surface area contributed by atoms with E-state index in [0.717, 1.165) is 0 Å². The summed E-state index contributed by atoms with van der Waals surface area (Å²) in [4.78, 5) is 27.8. The molecule has 172 valence electrons. The molecule has 34 heavy (non-hydrogen) atoms. The van der Waals surface area contributed by atoms with Crippen molar-refractivity contribution in [2.45, 2.75) is 6.04 Å². The highest BCUT2D eigenvalue weighted by Gasteiger charge is 2.47. The number of carbonyl (C=O) groups excluding carboxylic acids is 2. The molecule has 1 atom stereocenters. The summed E-state index contributed by atoms with van der Waals surface area (Å²) >= 11 is 0. The lowest BCUT2D eigenvalue weighted by Crippen LogP contribution is -2.29. The van der Waals surface area contributed by atoms with Crippen LogP contribution in [-0.2, 0) is 9.59 Å². The average molecular weight is 459 g/mol. The highest BCUT2D eigenvalue weighted by Crippen LogP contribution is 2.44. The molecule has 1 fully saturated rings. The predicted molar refractivity (Wildman–Crippen MR) is 123 cm³/mol. The first-order chi connectivity index (χ1) is 16.5. The summed E-state index contributed by atoms with van der Waals surface area (Å²) in [5.41, 5.74) is 1.21. The summed E-state index contributed by atoms with van der Waals surface area (Å²) in [6.07, 6.45) is 0. The summed E-state index contributed by atoms with van der Waals surface area (Å²) < 4.78 is 16.4. The van der Waals surface area contributed by atoms with Crippen molar-refractivity contribution in [3.05, 3.63) is 83.4 Å². The van der Waals surface area contributed by atoms with Gasteiger partial charge in [-0.25, -0.2) is 0 Å². The van der Waals surface area contributed by atoms with Crippen molar-refractivity contribution in [1.29, 1.82) is 0 Å². The summed E-state index contributed by atoms with van der Waals surface area (Å²) in [5.74, 6) is -0.421. The van der Waals surface area contributed by atoms with Crippen molar-refractivity contribution in [2.24, 2.45) is 0 Å². The Morgan fingerprint density at radius 2 is 1.71 bits per heavy atom. The van der Waals surface area contributed by atoms with E-state index in [0.29, 0.717) is 47.3 Å². The van der Waals surface area contributed by atoms with Gasteiger partial charge in [0, 0.05) is 17.3 Å². The zero-order valence-corrected chi connectivity index (χ0v) is 18.2. The first kappa shape index (κ1) is 21.4. The number of anilines is 1. The van der Waals surface area contributed by atoms with Crippen molar-refractivity contribution in [3.8, 4) is 23.0 Å². The Bertz CT molecular complexity index is 1310. The third kappa shape index (κ3) is 3.59. The highest BCUT2D eigenvalue weighted by atomic mass is 16.6. The maximum Gasteiger partial charge on any atom is 0.300 e. The van der Waals surface area contributed by atoms with Crippen LogP contribution in [0.25, 0.3) is 5.76 Å². The van der Waals surface area contributed by atoms with E-state index < -0.39 is 17.7 Å². The SMILES string of the molecule is COc1cccc(N2C(=O)C(=O)/C(=C(\O)c3ccc4c(c3)OCCO4)C2c2ccc(O)cc2)c1. The molecule has 0 aliphatic carbocycles. The van der Waals surface area contributed by atoms with Gasteiger partial charge in [-0.15, -0.1) is 0 Å². The Morgan fingerprint density at radius 3 is 2.44 bits per heavy atom. The number of ketones is 1. The molecule has 2 heterocycles. The van der Waals surface area contributed by atoms with Crippen LogP contribution in [0.5, 0.6) is 23.0 Å². The minimum atomic E-state index is -0.930. The van der Waals surface area contributed by atoms with Crippen LogP contribution in [0.1, 0.15) is 17.2 Å². The number of ether oxygens (including phenoxy) is 3. The molecule has 5 rings (SSSR count). The molecule has 3 aromatic carbocycles. The Labute approximate surface area is 195 Å². The minimum absolute atomic E-state index is 0.0360. The monoisotopic (exact) mass is 459 g/mol. The van der Waals surface area contributed by atoms with E-state index in [9.17, 15) is 19.8 Å². The van der Waals surface area contributed by atoms with E-state index >= 15 is 0 Å². The van der Waals surface area contributed by atoms with Crippen molar-refractivity contribution < 1.29 is 34.0 Å². The van der Waals surface area contributed by atoms with Crippen LogP contribution in [0.15, 0.2) is 72.3 Å². The molecule has 8 nitrogen and oxygen atoms in total. The van der Waals surface area contributed by atoms with Crippen molar-refractivity contribution >= 4 is 23.1 Å². The molecule has 8 heteroatoms. The topological polar surface area (TPSA) is 106 Å². The van der Waals surface area contributed by atoms with Gasteiger partial charge in [0.1, 0.15) is 30.5 Å². The predicted octanol–water partition coefficient (Wildman–Crippen LogP) is 3.80. The zero-order valence-electron chi connectivity index (χ0n) is 18.2. The van der Waals surface area contributed by atoms with E-state index in [1.165, 1.54) is 24.1 Å². The summed E-state index contributed by atoms with van der Waals surface area (Å²) in [6.45, 7) is 0.787. The molecule has 1 unspecified atom stereocenters. The fourth-order valence-electron chi connectivity index (χ4n) is 4.18. The van der Waals surface area contributed by atoms with Crippen LogP contribution in [-0.4, -0.2) is 42.2 Å². The number of aromatic hydroxyl groups is 1. The Balaban J connectivity index is 1.69. The normalized spacial score (nSPS) is 18.7. The Hall–Kier alpha value is -4.46. The fourth-order valence-corrected chi connectivity index (χ4v) is 4.18. The molecular formula is C26H21NO7. The molecule has 1 amide bonds. The lowest BCUT2D eigenvalue weighted by Gasteiger charge is -2.26. The number of nitrogens with zero attached hydrogens (tertiary/aromatic N) is 1. The van der Waals surface area contributed by atoms with Gasteiger partial charge in [0.05, 0.1) is 18.7 Å². The van der Waals surface area contributed by atoms with E-state index in [-0.39, 0.29) is 17.1 Å². The first-order valence-electron chi connectivity index (χ1n) is 10.6. The second-order valence-corrected chi connectivity index (χ2v) is 7.82. The van der Waals surface area contributed by atoms with E-state index in [4.69, 9.17) is 14.2 Å². The molecule has 3 aromatic rings. The van der Waals surface area contributed by atoms with Gasteiger partial charge in [-0.1, -0.05) is 18.2 Å². The average Bonchev–Trinajstić information content (AvgIpc) is 3.14. The molecule has 2 aliphatic heterocycles. The third-order valence-electron chi connectivity index (χ3n) is 5.80. The molecule has 0 radical (unpaired) electrons. The van der Waals surface area contributed by atoms with Gasteiger partial charge in [0.2, 0.25) is 0 Å². The number of phenols is 1. The second kappa shape index (κ2) is 8.47. The van der Waals surface area contributed by atoms with Crippen LogP contribution < -0.4 is 19.1 Å². The summed E-state index contributed by atoms with van der Waals surface area (Å²) in [7, 11) is 1.51. The number of aliphatic hydroxyl groups excluding tert-OH is 1. The molecule has 1 saturated heterocycles. The van der Waals surface area contributed by atoms with Crippen LogP contribution in [0.2, 0.25) is 0 Å². The Morgan fingerprint density at radius 1 is 0.971 bits per heavy atom. The molecular weight excluding hydrogens is 438 g/mol. The molecule has 0 saturated carbocycles. The minimum Gasteiger partial charge on any atom is -0.508 e. The van der Waals surface area contributed by atoms with Gasteiger partial charge in [-0.3, -0.25) is 14.5 Å². The van der Waals surface area contributed by atoms with Crippen LogP contribution >= 0.6 is 0 Å². The van der Waals surface area contributed by atoms with Gasteiger partial charge in [-0.05, 0) is 48.0 Å². The largest absolute Gasteiger partial charge is 0.508 e. The third-order valence-corrected chi connectivity index (χ3v) is 5.80. The number of benzene rings is 3. The van der Waals surface area contributed by atoms with E-state index in [1.54, 1.807) is 54.6 Å². The quantitative estimate of drug-likeness (QED) is 0.347. The number of phenolic OH excluding ortho intramolecular Hbond substituents is 1. The Kier molecular flexibility index (Phi) is 5.33. The number of amides is 1. The zero-order chi connectivity index (χ0) is 23.8. The van der Waals surface area contributed by atoms with Crippen LogP contribution in [0, 0.1) is 0 Å². The van der Waals surface area contributed by atoms with Crippen LogP contribution in [0.3, 0.4) is 0 Å². The number of carbonyl (C=O) groups is 2. The summed E-state index contributed by atoms with van der Waals surface area (Å²) in [6, 6.07) is 16.8. The number of aliphatic hydroxyl groups is 1. The number of rotatable bonds is 4. The maximum atomic E-state index is 13.3. The number of fused-ring (bicyclic) bond motifs is 1. The molecule has 2 N–H and O–H groups in total. The second-order valence-electron chi connectivity index (χ2n) is 7.82. The van der Waals surface area contributed by atoms with Crippen LogP contribution in [0.4, 0.5) is 5.69 Å².